The van der Waals surface area contributed by atoms with Gasteiger partial charge in [-0.25, -0.2) is 14.8 Å². The largest absolute Gasteiger partial charge is 0.475 e. The number of hydrogen-bond donors (Lipinski definition) is 3. The maximum Gasteiger partial charge on any atom is 0.371 e. The van der Waals surface area contributed by atoms with Crippen molar-refractivity contribution >= 4 is 29.4 Å². The van der Waals surface area contributed by atoms with Crippen molar-refractivity contribution in [1.82, 2.24) is 20.3 Å². The highest BCUT2D eigenvalue weighted by Crippen LogP contribution is 2.32. The first-order valence-electron chi connectivity index (χ1n) is 10.3. The molecule has 5 rings (SSSR count). The van der Waals surface area contributed by atoms with Gasteiger partial charge >= 0.3 is 5.97 Å². The Balaban J connectivity index is 0.000000183. The Bertz CT molecular complexity index is 951. The molecule has 8 nitrogen and oxygen atoms in total. The topological polar surface area (TPSA) is 109 Å². The van der Waals surface area contributed by atoms with Crippen molar-refractivity contribution in [1.29, 1.82) is 0 Å². The number of carboxylic acid groups (broad SMARTS) is 1. The van der Waals surface area contributed by atoms with Crippen LogP contribution in [0.2, 0.25) is 0 Å². The normalized spacial score (nSPS) is 18.6. The minimum atomic E-state index is -1.04. The molecule has 0 amide bonds. The summed E-state index contributed by atoms with van der Waals surface area (Å²) < 4.78 is 11.5. The number of para-hydroxylation sites is 2. The van der Waals surface area contributed by atoms with Crippen LogP contribution in [-0.2, 0) is 4.74 Å². The van der Waals surface area contributed by atoms with Crippen LogP contribution >= 0.6 is 12.4 Å². The molecule has 4 heterocycles. The monoisotopic (exact) mass is 446 g/mol. The number of aromatic nitrogens is 3. The van der Waals surface area contributed by atoms with Crippen molar-refractivity contribution in [3.05, 3.63) is 54.0 Å². The summed E-state index contributed by atoms with van der Waals surface area (Å²) in [4.78, 5) is 21.4. The molecule has 166 valence electrons. The number of ether oxygens (including phenoxy) is 2. The number of fused-ring (bicyclic) bond motifs is 1. The smallest absolute Gasteiger partial charge is 0.371 e. The third kappa shape index (κ3) is 5.94. The molecule has 1 aromatic carbocycles. The number of nitrogens with zero attached hydrogens (tertiary/aromatic N) is 2. The van der Waals surface area contributed by atoms with Gasteiger partial charge in [0.15, 0.2) is 0 Å². The Morgan fingerprint density at radius 1 is 1.13 bits per heavy atom. The number of hydrogen-bond acceptors (Lipinski definition) is 6. The summed E-state index contributed by atoms with van der Waals surface area (Å²) in [5.41, 5.74) is 2.68. The van der Waals surface area contributed by atoms with E-state index in [9.17, 15) is 4.79 Å². The first-order valence-corrected chi connectivity index (χ1v) is 10.3. The molecule has 0 radical (unpaired) electrons. The first kappa shape index (κ1) is 23.0. The van der Waals surface area contributed by atoms with Crippen LogP contribution in [0.1, 0.15) is 41.4 Å². The third-order valence-electron chi connectivity index (χ3n) is 5.35. The Kier molecular flexibility index (Phi) is 8.22. The lowest BCUT2D eigenvalue weighted by Gasteiger charge is -2.24. The van der Waals surface area contributed by atoms with E-state index in [0.29, 0.717) is 11.4 Å². The number of aromatic carboxylic acids is 1. The Morgan fingerprint density at radius 2 is 1.94 bits per heavy atom. The minimum absolute atomic E-state index is 0. The van der Waals surface area contributed by atoms with Crippen LogP contribution < -0.4 is 10.1 Å². The van der Waals surface area contributed by atoms with Gasteiger partial charge < -0.3 is 24.9 Å². The fourth-order valence-electron chi connectivity index (χ4n) is 3.76. The summed E-state index contributed by atoms with van der Waals surface area (Å²) in [5, 5.41) is 11.9. The summed E-state index contributed by atoms with van der Waals surface area (Å²) in [5.74, 6) is 0.317. The highest BCUT2D eigenvalue weighted by molar-refractivity contribution is 5.88. The lowest BCUT2D eigenvalue weighted by atomic mass is 9.92. The summed E-state index contributed by atoms with van der Waals surface area (Å²) >= 11 is 0. The predicted octanol–water partition coefficient (Wildman–Crippen LogP) is 3.40. The van der Waals surface area contributed by atoms with E-state index in [1.807, 2.05) is 24.4 Å². The Hall–Kier alpha value is -2.68. The average Bonchev–Trinajstić information content (AvgIpc) is 3.45. The van der Waals surface area contributed by atoms with Crippen molar-refractivity contribution in [2.75, 3.05) is 26.3 Å². The molecule has 0 spiro atoms. The van der Waals surface area contributed by atoms with Crippen LogP contribution in [0.3, 0.4) is 0 Å². The lowest BCUT2D eigenvalue weighted by Crippen LogP contribution is -2.22. The van der Waals surface area contributed by atoms with E-state index in [-0.39, 0.29) is 24.3 Å². The molecule has 0 saturated carbocycles. The number of benzene rings is 1. The van der Waals surface area contributed by atoms with Gasteiger partial charge in [-0.1, -0.05) is 18.2 Å². The summed E-state index contributed by atoms with van der Waals surface area (Å²) in [6.07, 6.45) is 5.32. The molecule has 2 aliphatic heterocycles. The number of pyridine rings is 1. The van der Waals surface area contributed by atoms with Crippen molar-refractivity contribution in [3.63, 3.8) is 0 Å². The molecule has 9 heteroatoms. The summed E-state index contributed by atoms with van der Waals surface area (Å²) in [6.45, 7) is 3.68. The van der Waals surface area contributed by atoms with Gasteiger partial charge in [0.2, 0.25) is 11.7 Å². The molecule has 3 N–H and O–H groups in total. The number of imidazole rings is 1. The molecule has 2 aliphatic rings. The number of carbonyl (C=O) groups is 1. The van der Waals surface area contributed by atoms with Gasteiger partial charge in [-0.3, -0.25) is 0 Å². The SMILES string of the molecule is Cl.O=C(O)c1nc2ccccc2[nH]1.c1cnc(O[C@H]2CCNC2)c(C2CCOCC2)c1. The number of halogens is 1. The van der Waals surface area contributed by atoms with Crippen molar-refractivity contribution < 1.29 is 19.4 Å². The molecular weight excluding hydrogens is 420 g/mol. The maximum absolute atomic E-state index is 10.5. The first-order chi connectivity index (χ1) is 14.7. The number of H-pyrrole nitrogens is 1. The molecule has 31 heavy (non-hydrogen) atoms. The molecule has 2 aromatic heterocycles. The molecule has 0 bridgehead atoms. The third-order valence-corrected chi connectivity index (χ3v) is 5.35. The molecule has 3 aromatic rings. The number of nitrogens with one attached hydrogen (secondary N) is 2. The van der Waals surface area contributed by atoms with Gasteiger partial charge in [-0.15, -0.1) is 12.4 Å². The second-order valence-corrected chi connectivity index (χ2v) is 7.42. The van der Waals surface area contributed by atoms with E-state index in [4.69, 9.17) is 14.6 Å². The van der Waals surface area contributed by atoms with Crippen LogP contribution in [0, 0.1) is 0 Å². The zero-order valence-electron chi connectivity index (χ0n) is 17.1. The van der Waals surface area contributed by atoms with Gasteiger partial charge in [0.1, 0.15) is 6.10 Å². The zero-order chi connectivity index (χ0) is 20.8. The quantitative estimate of drug-likeness (QED) is 0.563. The number of carboxylic acids is 1. The minimum Gasteiger partial charge on any atom is -0.475 e. The van der Waals surface area contributed by atoms with Crippen molar-refractivity contribution in [2.45, 2.75) is 31.3 Å². The van der Waals surface area contributed by atoms with E-state index < -0.39 is 5.97 Å². The second-order valence-electron chi connectivity index (χ2n) is 7.42. The average molecular weight is 447 g/mol. The summed E-state index contributed by atoms with van der Waals surface area (Å²) in [7, 11) is 0. The van der Waals surface area contributed by atoms with Crippen LogP contribution in [0.15, 0.2) is 42.6 Å². The second kappa shape index (κ2) is 11.1. The van der Waals surface area contributed by atoms with Gasteiger partial charge in [0.25, 0.3) is 0 Å². The molecule has 0 aliphatic carbocycles. The number of aromatic amines is 1. The van der Waals surface area contributed by atoms with E-state index >= 15 is 0 Å². The molecular formula is C22H27ClN4O4. The van der Waals surface area contributed by atoms with Gasteiger partial charge in [-0.05, 0) is 49.9 Å². The van der Waals surface area contributed by atoms with E-state index in [1.54, 1.807) is 12.1 Å². The highest BCUT2D eigenvalue weighted by atomic mass is 35.5. The van der Waals surface area contributed by atoms with Crippen LogP contribution in [-0.4, -0.2) is 58.4 Å². The molecule has 2 fully saturated rings. The standard InChI is InChI=1S/C14H20N2O2.C8H6N2O2.ClH/c1-2-13(11-4-8-17-9-5-11)14(16-6-1)18-12-3-7-15-10-12;11-8(12)7-9-5-3-1-2-4-6(5)10-7;/h1-2,6,11-12,15H,3-5,7-10H2;1-4H,(H,9,10)(H,11,12);1H/t12-;;/m0../s1. The Labute approximate surface area is 186 Å². The molecule has 1 atom stereocenters. The highest BCUT2D eigenvalue weighted by Gasteiger charge is 2.23. The van der Waals surface area contributed by atoms with Crippen LogP contribution in [0.25, 0.3) is 11.0 Å². The fraction of sp³-hybridized carbons (Fsp3) is 0.409. The lowest BCUT2D eigenvalue weighted by molar-refractivity contribution is 0.0685. The fourth-order valence-corrected chi connectivity index (χ4v) is 3.76. The van der Waals surface area contributed by atoms with E-state index in [1.165, 1.54) is 5.56 Å². The van der Waals surface area contributed by atoms with E-state index in [2.05, 4.69) is 26.3 Å². The van der Waals surface area contributed by atoms with Crippen LogP contribution in [0.4, 0.5) is 0 Å². The predicted molar refractivity (Wildman–Crippen MR) is 119 cm³/mol. The molecule has 2 saturated heterocycles. The van der Waals surface area contributed by atoms with Gasteiger partial charge in [0.05, 0.1) is 11.0 Å². The number of rotatable bonds is 4. The summed E-state index contributed by atoms with van der Waals surface area (Å²) in [6, 6.07) is 11.3. The van der Waals surface area contributed by atoms with Crippen molar-refractivity contribution in [2.24, 2.45) is 0 Å². The van der Waals surface area contributed by atoms with Gasteiger partial charge in [0, 0.05) is 31.5 Å². The Morgan fingerprint density at radius 3 is 2.65 bits per heavy atom. The van der Waals surface area contributed by atoms with Crippen LogP contribution in [0.5, 0.6) is 5.88 Å². The zero-order valence-corrected chi connectivity index (χ0v) is 17.9. The van der Waals surface area contributed by atoms with Crippen molar-refractivity contribution in [3.8, 4) is 5.88 Å². The molecule has 0 unspecified atom stereocenters. The van der Waals surface area contributed by atoms with Gasteiger partial charge in [-0.2, -0.15) is 0 Å². The maximum atomic E-state index is 10.5. The van der Waals surface area contributed by atoms with E-state index in [0.717, 1.165) is 57.0 Å².